The first-order chi connectivity index (χ1) is 9.58. The van der Waals surface area contributed by atoms with E-state index in [1.807, 2.05) is 0 Å². The molecule has 0 bridgehead atoms. The van der Waals surface area contributed by atoms with Gasteiger partial charge in [-0.15, -0.1) is 0 Å². The molecule has 0 radical (unpaired) electrons. The van der Waals surface area contributed by atoms with Crippen molar-refractivity contribution in [3.05, 3.63) is 35.0 Å². The molecule has 1 rings (SSSR count). The summed E-state index contributed by atoms with van der Waals surface area (Å²) in [5.74, 6) is -1.06. The maximum absolute atomic E-state index is 11.1. The topological polar surface area (TPSA) is 130 Å². The van der Waals surface area contributed by atoms with Crippen molar-refractivity contribution in [2.75, 3.05) is 12.4 Å². The predicted octanol–water partition coefficient (Wildman–Crippen LogP) is 1.63. The Balaban J connectivity index is 3.46. The number of ether oxygens (including phenoxy) is 1. The standard InChI is InChI=1S/C13H8N4O3/c1-20-11-4-2-3-9(13(18)19)12(11)17-10(7-16)8(5-14)6-15/h2-4,17H,1H3,(H,18,19). The highest BCUT2D eigenvalue weighted by Gasteiger charge is 2.17. The highest BCUT2D eigenvalue weighted by Crippen LogP contribution is 2.30. The number of carboxylic acid groups (broad SMARTS) is 1. The van der Waals surface area contributed by atoms with E-state index >= 15 is 0 Å². The molecule has 1 aromatic rings. The van der Waals surface area contributed by atoms with Gasteiger partial charge in [-0.2, -0.15) is 15.8 Å². The van der Waals surface area contributed by atoms with E-state index in [2.05, 4.69) is 5.32 Å². The number of carbonyl (C=O) groups is 1. The van der Waals surface area contributed by atoms with Gasteiger partial charge in [-0.3, -0.25) is 0 Å². The van der Waals surface area contributed by atoms with Crippen molar-refractivity contribution in [1.82, 2.24) is 0 Å². The van der Waals surface area contributed by atoms with Gasteiger partial charge in [-0.05, 0) is 12.1 Å². The highest BCUT2D eigenvalue weighted by molar-refractivity contribution is 5.96. The number of methoxy groups -OCH3 is 1. The molecular formula is C13H8N4O3. The van der Waals surface area contributed by atoms with Crippen LogP contribution in [0.1, 0.15) is 10.4 Å². The molecule has 0 saturated carbocycles. The van der Waals surface area contributed by atoms with E-state index in [1.54, 1.807) is 18.2 Å². The van der Waals surface area contributed by atoms with Crippen LogP contribution in [0.25, 0.3) is 0 Å². The van der Waals surface area contributed by atoms with Gasteiger partial charge in [0.1, 0.15) is 29.7 Å². The van der Waals surface area contributed by atoms with Gasteiger partial charge in [0.25, 0.3) is 0 Å². The molecule has 0 heterocycles. The van der Waals surface area contributed by atoms with Gasteiger partial charge in [0.05, 0.1) is 18.4 Å². The number of carboxylic acids is 1. The Labute approximate surface area is 114 Å². The summed E-state index contributed by atoms with van der Waals surface area (Å²) in [6.45, 7) is 0. The molecule has 98 valence electrons. The molecule has 0 amide bonds. The summed E-state index contributed by atoms with van der Waals surface area (Å²) in [5.41, 5.74) is -0.939. The molecule has 2 N–H and O–H groups in total. The maximum atomic E-state index is 11.1. The molecule has 0 unspecified atom stereocenters. The van der Waals surface area contributed by atoms with Crippen LogP contribution in [0.5, 0.6) is 5.75 Å². The average molecular weight is 268 g/mol. The molecule has 0 aliphatic rings. The van der Waals surface area contributed by atoms with Gasteiger partial charge in [0.15, 0.2) is 5.57 Å². The van der Waals surface area contributed by atoms with Crippen molar-refractivity contribution >= 4 is 11.7 Å². The van der Waals surface area contributed by atoms with E-state index in [0.29, 0.717) is 0 Å². The van der Waals surface area contributed by atoms with Crippen LogP contribution in [-0.4, -0.2) is 18.2 Å². The van der Waals surface area contributed by atoms with Gasteiger partial charge in [-0.25, -0.2) is 4.79 Å². The van der Waals surface area contributed by atoms with Crippen LogP contribution < -0.4 is 10.1 Å². The fourth-order valence-electron chi connectivity index (χ4n) is 1.42. The molecule has 7 heteroatoms. The van der Waals surface area contributed by atoms with Crippen molar-refractivity contribution in [3.8, 4) is 24.0 Å². The largest absolute Gasteiger partial charge is 0.495 e. The number of para-hydroxylation sites is 1. The number of hydrogen-bond acceptors (Lipinski definition) is 6. The number of nitrogens with one attached hydrogen (secondary N) is 1. The lowest BCUT2D eigenvalue weighted by Gasteiger charge is -2.12. The van der Waals surface area contributed by atoms with Crippen LogP contribution >= 0.6 is 0 Å². The number of anilines is 1. The third kappa shape index (κ3) is 2.84. The van der Waals surface area contributed by atoms with Crippen LogP contribution in [0.15, 0.2) is 29.5 Å². The summed E-state index contributed by atoms with van der Waals surface area (Å²) in [6, 6.07) is 9.02. The summed E-state index contributed by atoms with van der Waals surface area (Å²) in [5, 5.41) is 38.0. The third-order valence-corrected chi connectivity index (χ3v) is 2.31. The molecule has 7 nitrogen and oxygen atoms in total. The Morgan fingerprint density at radius 1 is 1.25 bits per heavy atom. The number of nitriles is 3. The van der Waals surface area contributed by atoms with Gasteiger partial charge >= 0.3 is 5.97 Å². The summed E-state index contributed by atoms with van der Waals surface area (Å²) in [4.78, 5) is 11.1. The Kier molecular flexibility index (Phi) is 4.69. The van der Waals surface area contributed by atoms with Crippen molar-refractivity contribution < 1.29 is 14.6 Å². The van der Waals surface area contributed by atoms with Crippen LogP contribution in [-0.2, 0) is 0 Å². The van der Waals surface area contributed by atoms with Crippen molar-refractivity contribution in [3.63, 3.8) is 0 Å². The number of benzene rings is 1. The average Bonchev–Trinajstić information content (AvgIpc) is 2.46. The van der Waals surface area contributed by atoms with E-state index in [9.17, 15) is 4.79 Å². The monoisotopic (exact) mass is 268 g/mol. The van der Waals surface area contributed by atoms with Crippen LogP contribution in [0.3, 0.4) is 0 Å². The van der Waals surface area contributed by atoms with Gasteiger partial charge < -0.3 is 15.2 Å². The van der Waals surface area contributed by atoms with Gasteiger partial charge in [-0.1, -0.05) is 6.07 Å². The Morgan fingerprint density at radius 2 is 1.90 bits per heavy atom. The Morgan fingerprint density at radius 3 is 2.35 bits per heavy atom. The number of aromatic carboxylic acids is 1. The fourth-order valence-corrected chi connectivity index (χ4v) is 1.42. The van der Waals surface area contributed by atoms with E-state index < -0.39 is 11.5 Å². The lowest BCUT2D eigenvalue weighted by atomic mass is 10.1. The first-order valence-electron chi connectivity index (χ1n) is 5.20. The number of allylic oxidation sites excluding steroid dienone is 2. The van der Waals surface area contributed by atoms with Crippen LogP contribution in [0, 0.1) is 34.0 Å². The molecule has 1 aromatic carbocycles. The second-order valence-electron chi connectivity index (χ2n) is 3.40. The molecule has 0 fully saturated rings. The lowest BCUT2D eigenvalue weighted by Crippen LogP contribution is -2.08. The number of hydrogen-bond donors (Lipinski definition) is 2. The van der Waals surface area contributed by atoms with Gasteiger partial charge in [0, 0.05) is 0 Å². The van der Waals surface area contributed by atoms with Crippen molar-refractivity contribution in [2.45, 2.75) is 0 Å². The quantitative estimate of drug-likeness (QED) is 0.793. The zero-order chi connectivity index (χ0) is 15.1. The predicted molar refractivity (Wildman–Crippen MR) is 67.4 cm³/mol. The first-order valence-corrected chi connectivity index (χ1v) is 5.20. The van der Waals surface area contributed by atoms with E-state index in [1.165, 1.54) is 25.3 Å². The molecule has 0 aromatic heterocycles. The van der Waals surface area contributed by atoms with E-state index in [-0.39, 0.29) is 22.7 Å². The Hall–Kier alpha value is -3.50. The molecule has 0 atom stereocenters. The normalized spacial score (nSPS) is 8.50. The zero-order valence-corrected chi connectivity index (χ0v) is 10.3. The minimum atomic E-state index is -1.24. The molecule has 0 spiro atoms. The molecule has 0 saturated heterocycles. The summed E-state index contributed by atoms with van der Waals surface area (Å²) in [6.07, 6.45) is 0. The minimum Gasteiger partial charge on any atom is -0.495 e. The molecule has 0 aliphatic carbocycles. The Bertz CT molecular complexity index is 686. The van der Waals surface area contributed by atoms with E-state index in [0.717, 1.165) is 0 Å². The third-order valence-electron chi connectivity index (χ3n) is 2.31. The molecule has 0 aliphatic heterocycles. The molecular weight excluding hydrogens is 260 g/mol. The minimum absolute atomic E-state index is 0.00190. The SMILES string of the molecule is COc1cccc(C(=O)O)c1NC(C#N)=C(C#N)C#N. The zero-order valence-electron chi connectivity index (χ0n) is 10.3. The second-order valence-corrected chi connectivity index (χ2v) is 3.40. The maximum Gasteiger partial charge on any atom is 0.337 e. The summed E-state index contributed by atoms with van der Waals surface area (Å²) >= 11 is 0. The lowest BCUT2D eigenvalue weighted by molar-refractivity contribution is 0.0697. The fraction of sp³-hybridized carbons (Fsp3) is 0.0769. The van der Waals surface area contributed by atoms with Crippen molar-refractivity contribution in [1.29, 1.82) is 15.8 Å². The summed E-state index contributed by atoms with van der Waals surface area (Å²) in [7, 11) is 1.33. The number of rotatable bonds is 4. The van der Waals surface area contributed by atoms with Gasteiger partial charge in [0.2, 0.25) is 0 Å². The smallest absolute Gasteiger partial charge is 0.337 e. The molecule has 20 heavy (non-hydrogen) atoms. The van der Waals surface area contributed by atoms with Crippen LogP contribution in [0.4, 0.5) is 5.69 Å². The van der Waals surface area contributed by atoms with Crippen molar-refractivity contribution in [2.24, 2.45) is 0 Å². The highest BCUT2D eigenvalue weighted by atomic mass is 16.5. The first kappa shape index (κ1) is 14.6. The van der Waals surface area contributed by atoms with E-state index in [4.69, 9.17) is 25.6 Å². The second kappa shape index (κ2) is 6.44. The summed E-state index contributed by atoms with van der Waals surface area (Å²) < 4.78 is 5.00. The van der Waals surface area contributed by atoms with Crippen LogP contribution in [0.2, 0.25) is 0 Å². The number of nitrogens with zero attached hydrogens (tertiary/aromatic N) is 3.